The molecule has 0 aliphatic heterocycles. The highest BCUT2D eigenvalue weighted by molar-refractivity contribution is 5.69. The van der Waals surface area contributed by atoms with E-state index in [4.69, 9.17) is 4.74 Å². The van der Waals surface area contributed by atoms with Gasteiger partial charge in [0.1, 0.15) is 6.10 Å². The van der Waals surface area contributed by atoms with Crippen molar-refractivity contribution in [2.75, 3.05) is 19.6 Å². The van der Waals surface area contributed by atoms with Gasteiger partial charge in [-0.05, 0) is 56.7 Å². The fourth-order valence-electron chi connectivity index (χ4n) is 4.51. The standard InChI is InChI=1S/C18H33NO2/c1-6-19(7-2)12-8-9-16(20)21-15-13-14-10-11-18(15,5)17(14,3)4/h14-15H,6-13H2,1-5H3/t14-,15+,18+/m0/s1. The third-order valence-electron chi connectivity index (χ3n) is 6.74. The summed E-state index contributed by atoms with van der Waals surface area (Å²) in [6.45, 7) is 14.5. The van der Waals surface area contributed by atoms with Crippen LogP contribution in [0.3, 0.4) is 0 Å². The Morgan fingerprint density at radius 3 is 2.38 bits per heavy atom. The van der Waals surface area contributed by atoms with E-state index in [0.717, 1.165) is 38.4 Å². The predicted molar refractivity (Wildman–Crippen MR) is 86.1 cm³/mol. The molecule has 2 aliphatic carbocycles. The van der Waals surface area contributed by atoms with Gasteiger partial charge in [0.05, 0.1) is 0 Å². The lowest BCUT2D eigenvalue weighted by atomic mass is 9.70. The zero-order valence-electron chi connectivity index (χ0n) is 14.6. The van der Waals surface area contributed by atoms with Crippen molar-refractivity contribution in [3.8, 4) is 0 Å². The van der Waals surface area contributed by atoms with Crippen LogP contribution in [-0.4, -0.2) is 36.6 Å². The molecule has 0 radical (unpaired) electrons. The van der Waals surface area contributed by atoms with Crippen molar-refractivity contribution in [1.82, 2.24) is 4.90 Å². The number of fused-ring (bicyclic) bond motifs is 2. The number of rotatable bonds is 7. The number of nitrogens with zero attached hydrogens (tertiary/aromatic N) is 1. The van der Waals surface area contributed by atoms with Crippen LogP contribution in [0.1, 0.15) is 66.7 Å². The molecule has 3 heteroatoms. The lowest BCUT2D eigenvalue weighted by molar-refractivity contribution is -0.157. The van der Waals surface area contributed by atoms with Crippen LogP contribution in [0.25, 0.3) is 0 Å². The van der Waals surface area contributed by atoms with Crippen LogP contribution in [0.5, 0.6) is 0 Å². The Labute approximate surface area is 130 Å². The summed E-state index contributed by atoms with van der Waals surface area (Å²) in [5, 5.41) is 0. The molecule has 0 N–H and O–H groups in total. The molecule has 21 heavy (non-hydrogen) atoms. The van der Waals surface area contributed by atoms with Crippen LogP contribution in [0, 0.1) is 16.7 Å². The maximum atomic E-state index is 12.1. The monoisotopic (exact) mass is 295 g/mol. The van der Waals surface area contributed by atoms with E-state index in [2.05, 4.69) is 39.5 Å². The maximum absolute atomic E-state index is 12.1. The van der Waals surface area contributed by atoms with Crippen LogP contribution in [-0.2, 0) is 9.53 Å². The molecule has 0 amide bonds. The summed E-state index contributed by atoms with van der Waals surface area (Å²) in [5.41, 5.74) is 0.505. The Morgan fingerprint density at radius 1 is 1.24 bits per heavy atom. The van der Waals surface area contributed by atoms with Crippen molar-refractivity contribution >= 4 is 5.97 Å². The van der Waals surface area contributed by atoms with Gasteiger partial charge in [-0.15, -0.1) is 0 Å². The molecule has 2 rings (SSSR count). The first-order valence-corrected chi connectivity index (χ1v) is 8.77. The van der Waals surface area contributed by atoms with Crippen molar-refractivity contribution in [1.29, 1.82) is 0 Å². The molecule has 0 heterocycles. The third-order valence-corrected chi connectivity index (χ3v) is 6.74. The molecule has 0 aromatic carbocycles. The third kappa shape index (κ3) is 2.99. The topological polar surface area (TPSA) is 29.5 Å². The molecule has 2 saturated carbocycles. The SMILES string of the molecule is CCN(CC)CCCC(=O)O[C@@H]1C[C@@H]2CC[C@@]1(C)C2(C)C. The Morgan fingerprint density at radius 2 is 1.90 bits per heavy atom. The fraction of sp³-hybridized carbons (Fsp3) is 0.944. The molecular weight excluding hydrogens is 262 g/mol. The van der Waals surface area contributed by atoms with Gasteiger partial charge in [0, 0.05) is 11.8 Å². The van der Waals surface area contributed by atoms with Crippen LogP contribution < -0.4 is 0 Å². The average molecular weight is 295 g/mol. The highest BCUT2D eigenvalue weighted by Gasteiger charge is 2.62. The summed E-state index contributed by atoms with van der Waals surface area (Å²) >= 11 is 0. The van der Waals surface area contributed by atoms with E-state index in [0.29, 0.717) is 11.8 Å². The highest BCUT2D eigenvalue weighted by atomic mass is 16.5. The van der Waals surface area contributed by atoms with Crippen molar-refractivity contribution in [3.63, 3.8) is 0 Å². The summed E-state index contributed by atoms with van der Waals surface area (Å²) in [5.74, 6) is 0.743. The van der Waals surface area contributed by atoms with E-state index in [-0.39, 0.29) is 17.5 Å². The fourth-order valence-corrected chi connectivity index (χ4v) is 4.51. The zero-order chi connectivity index (χ0) is 15.7. The number of ether oxygens (including phenoxy) is 1. The second kappa shape index (κ2) is 6.28. The molecule has 3 atom stereocenters. The number of hydrogen-bond acceptors (Lipinski definition) is 3. The number of carbonyl (C=O) groups is 1. The minimum Gasteiger partial charge on any atom is -0.462 e. The highest BCUT2D eigenvalue weighted by Crippen LogP contribution is 2.66. The van der Waals surface area contributed by atoms with Crippen molar-refractivity contribution in [2.45, 2.75) is 72.8 Å². The van der Waals surface area contributed by atoms with E-state index < -0.39 is 0 Å². The number of carbonyl (C=O) groups excluding carboxylic acids is 1. The lowest BCUT2D eigenvalue weighted by Gasteiger charge is -2.38. The second-order valence-corrected chi connectivity index (χ2v) is 7.72. The Hall–Kier alpha value is -0.570. The van der Waals surface area contributed by atoms with Crippen molar-refractivity contribution in [2.24, 2.45) is 16.7 Å². The summed E-state index contributed by atoms with van der Waals surface area (Å²) in [4.78, 5) is 14.5. The first kappa shape index (κ1) is 16.8. The first-order valence-electron chi connectivity index (χ1n) is 8.77. The van der Waals surface area contributed by atoms with Gasteiger partial charge in [-0.1, -0.05) is 34.6 Å². The van der Waals surface area contributed by atoms with Crippen LogP contribution in [0.15, 0.2) is 0 Å². The second-order valence-electron chi connectivity index (χ2n) is 7.72. The van der Waals surface area contributed by atoms with Gasteiger partial charge in [0.15, 0.2) is 0 Å². The predicted octanol–water partition coefficient (Wildman–Crippen LogP) is 3.87. The summed E-state index contributed by atoms with van der Waals surface area (Å²) in [7, 11) is 0. The van der Waals surface area contributed by atoms with Gasteiger partial charge >= 0.3 is 5.97 Å². The summed E-state index contributed by atoms with van der Waals surface area (Å²) in [6.07, 6.45) is 5.21. The van der Waals surface area contributed by atoms with Gasteiger partial charge in [-0.3, -0.25) is 4.79 Å². The molecule has 2 fully saturated rings. The molecular formula is C18H33NO2. The minimum absolute atomic E-state index is 0.0109. The van der Waals surface area contributed by atoms with Crippen molar-refractivity contribution in [3.05, 3.63) is 0 Å². The molecule has 122 valence electrons. The Balaban J connectivity index is 1.79. The van der Waals surface area contributed by atoms with E-state index in [9.17, 15) is 4.79 Å². The molecule has 0 aromatic rings. The van der Waals surface area contributed by atoms with Crippen LogP contribution >= 0.6 is 0 Å². The molecule has 0 aromatic heterocycles. The van der Waals surface area contributed by atoms with Gasteiger partial charge in [-0.2, -0.15) is 0 Å². The van der Waals surface area contributed by atoms with E-state index in [1.165, 1.54) is 12.8 Å². The van der Waals surface area contributed by atoms with Crippen molar-refractivity contribution < 1.29 is 9.53 Å². The van der Waals surface area contributed by atoms with Gasteiger partial charge in [-0.25, -0.2) is 0 Å². The summed E-state index contributed by atoms with van der Waals surface area (Å²) in [6, 6.07) is 0. The van der Waals surface area contributed by atoms with E-state index in [1.807, 2.05) is 0 Å². The zero-order valence-corrected chi connectivity index (χ0v) is 14.6. The molecule has 0 spiro atoms. The Bertz CT molecular complexity index is 375. The molecule has 0 unspecified atom stereocenters. The Kier molecular flexibility index (Phi) is 5.02. The van der Waals surface area contributed by atoms with Gasteiger partial charge in [0.25, 0.3) is 0 Å². The molecule has 3 nitrogen and oxygen atoms in total. The average Bonchev–Trinajstić information content (AvgIpc) is 2.77. The lowest BCUT2D eigenvalue weighted by Crippen LogP contribution is -2.38. The minimum atomic E-state index is 0.0109. The smallest absolute Gasteiger partial charge is 0.306 e. The quantitative estimate of drug-likeness (QED) is 0.668. The van der Waals surface area contributed by atoms with Crippen LogP contribution in [0.2, 0.25) is 0 Å². The molecule has 0 saturated heterocycles. The molecule has 2 bridgehead atoms. The van der Waals surface area contributed by atoms with E-state index in [1.54, 1.807) is 0 Å². The number of hydrogen-bond donors (Lipinski definition) is 0. The first-order chi connectivity index (χ1) is 9.85. The van der Waals surface area contributed by atoms with Gasteiger partial charge < -0.3 is 9.64 Å². The van der Waals surface area contributed by atoms with Crippen LogP contribution in [0.4, 0.5) is 0 Å². The molecule has 2 aliphatic rings. The summed E-state index contributed by atoms with van der Waals surface area (Å²) < 4.78 is 5.88. The van der Waals surface area contributed by atoms with Gasteiger partial charge in [0.2, 0.25) is 0 Å². The maximum Gasteiger partial charge on any atom is 0.306 e. The van der Waals surface area contributed by atoms with E-state index >= 15 is 0 Å². The largest absolute Gasteiger partial charge is 0.462 e. The number of esters is 1. The normalized spacial score (nSPS) is 33.6.